The Hall–Kier alpha value is -1.14. The highest BCUT2D eigenvalue weighted by Gasteiger charge is 2.59. The molecule has 0 N–H and O–H groups in total. The quantitative estimate of drug-likeness (QED) is 0.716. The van der Waals surface area contributed by atoms with Gasteiger partial charge in [0.05, 0.1) is 0 Å². The van der Waals surface area contributed by atoms with Crippen LogP contribution in [0.3, 0.4) is 0 Å². The molecule has 0 radical (unpaired) electrons. The van der Waals surface area contributed by atoms with Crippen molar-refractivity contribution < 1.29 is 28.5 Å². The average Bonchev–Trinajstić information content (AvgIpc) is 2.62. The van der Waals surface area contributed by atoms with Gasteiger partial charge < -0.3 is 18.9 Å². The fraction of sp³-hybridized carbons (Fsp3) is 0.857. The zero-order chi connectivity index (χ0) is 15.5. The molecule has 0 amide bonds. The summed E-state index contributed by atoms with van der Waals surface area (Å²) in [5.74, 6) is -0.845. The molecule has 1 unspecified atom stereocenters. The van der Waals surface area contributed by atoms with Gasteiger partial charge >= 0.3 is 11.9 Å². The molecule has 0 saturated carbocycles. The third-order valence-electron chi connectivity index (χ3n) is 3.75. The fourth-order valence-corrected chi connectivity index (χ4v) is 2.83. The van der Waals surface area contributed by atoms with E-state index in [0.717, 1.165) is 0 Å². The van der Waals surface area contributed by atoms with Crippen molar-refractivity contribution in [1.29, 1.82) is 0 Å². The lowest BCUT2D eigenvalue weighted by Gasteiger charge is -2.36. The van der Waals surface area contributed by atoms with E-state index < -0.39 is 36.0 Å². The van der Waals surface area contributed by atoms with Crippen molar-refractivity contribution in [2.75, 3.05) is 7.11 Å². The lowest BCUT2D eigenvalue weighted by Crippen LogP contribution is -2.49. The van der Waals surface area contributed by atoms with Gasteiger partial charge in [-0.3, -0.25) is 9.59 Å². The topological polar surface area (TPSA) is 71.1 Å². The maximum atomic E-state index is 11.3. The van der Waals surface area contributed by atoms with Gasteiger partial charge in [-0.15, -0.1) is 0 Å². The van der Waals surface area contributed by atoms with Gasteiger partial charge in [0, 0.05) is 21.0 Å². The predicted octanol–water partition coefficient (Wildman–Crippen LogP) is 1.66. The number of esters is 2. The van der Waals surface area contributed by atoms with Crippen LogP contribution in [0.4, 0.5) is 0 Å². The van der Waals surface area contributed by atoms with Crippen LogP contribution in [0.15, 0.2) is 0 Å². The summed E-state index contributed by atoms with van der Waals surface area (Å²) in [5.41, 5.74) is -0.658. The molecular formula is C14H24O6. The highest BCUT2D eigenvalue weighted by Crippen LogP contribution is 2.42. The zero-order valence-electron chi connectivity index (χ0n) is 13.0. The van der Waals surface area contributed by atoms with Crippen molar-refractivity contribution in [3.63, 3.8) is 0 Å². The van der Waals surface area contributed by atoms with Crippen LogP contribution in [0.25, 0.3) is 0 Å². The van der Waals surface area contributed by atoms with Gasteiger partial charge in [0.1, 0.15) is 11.7 Å². The van der Waals surface area contributed by atoms with E-state index in [-0.39, 0.29) is 5.92 Å². The third kappa shape index (κ3) is 3.12. The molecule has 4 atom stereocenters. The molecule has 1 rings (SSSR count). The Balaban J connectivity index is 3.12. The van der Waals surface area contributed by atoms with E-state index in [4.69, 9.17) is 18.9 Å². The smallest absolute Gasteiger partial charge is 0.305 e. The summed E-state index contributed by atoms with van der Waals surface area (Å²) in [4.78, 5) is 22.5. The molecule has 116 valence electrons. The highest BCUT2D eigenvalue weighted by molar-refractivity contribution is 5.67. The number of ether oxygens (including phenoxy) is 4. The van der Waals surface area contributed by atoms with Gasteiger partial charge in [0.2, 0.25) is 6.29 Å². The Labute approximate surface area is 119 Å². The molecule has 1 heterocycles. The summed E-state index contributed by atoms with van der Waals surface area (Å²) in [6.45, 7) is 8.55. The number of carbonyl (C=O) groups is 2. The predicted molar refractivity (Wildman–Crippen MR) is 70.9 cm³/mol. The van der Waals surface area contributed by atoms with Crippen LogP contribution in [0.1, 0.15) is 41.0 Å². The van der Waals surface area contributed by atoms with E-state index in [1.807, 2.05) is 20.8 Å². The van der Waals surface area contributed by atoms with Crippen molar-refractivity contribution in [3.05, 3.63) is 0 Å². The lowest BCUT2D eigenvalue weighted by molar-refractivity contribution is -0.210. The lowest BCUT2D eigenvalue weighted by atomic mass is 9.82. The standard InChI is InChI=1S/C14H24O6/c1-7-14(8(2)3)12(17-6)11(18-9(4)15)13(20-14)19-10(5)16/h8,11-13H,7H2,1-6H3/t11-,12+,13?,14+/m1/s1. The Morgan fingerprint density at radius 3 is 2.10 bits per heavy atom. The molecule has 1 saturated heterocycles. The van der Waals surface area contributed by atoms with E-state index in [0.29, 0.717) is 6.42 Å². The minimum absolute atomic E-state index is 0.107. The Bertz CT molecular complexity index is 367. The third-order valence-corrected chi connectivity index (χ3v) is 3.75. The normalized spacial score (nSPS) is 33.2. The summed E-state index contributed by atoms with van der Waals surface area (Å²) in [6.07, 6.45) is -1.54. The van der Waals surface area contributed by atoms with Crippen LogP contribution >= 0.6 is 0 Å². The maximum Gasteiger partial charge on any atom is 0.305 e. The average molecular weight is 288 g/mol. The second kappa shape index (κ2) is 6.54. The van der Waals surface area contributed by atoms with E-state index in [1.165, 1.54) is 21.0 Å². The number of hydrogen-bond acceptors (Lipinski definition) is 6. The fourth-order valence-electron chi connectivity index (χ4n) is 2.83. The second-order valence-electron chi connectivity index (χ2n) is 5.29. The van der Waals surface area contributed by atoms with Gasteiger partial charge in [-0.1, -0.05) is 20.8 Å². The molecule has 6 nitrogen and oxygen atoms in total. The van der Waals surface area contributed by atoms with E-state index in [2.05, 4.69) is 0 Å². The molecule has 0 aliphatic carbocycles. The highest BCUT2D eigenvalue weighted by atomic mass is 16.7. The van der Waals surface area contributed by atoms with Crippen molar-refractivity contribution >= 4 is 11.9 Å². The molecule has 0 aromatic heterocycles. The Morgan fingerprint density at radius 2 is 1.75 bits per heavy atom. The van der Waals surface area contributed by atoms with Gasteiger partial charge in [-0.25, -0.2) is 0 Å². The summed E-state index contributed by atoms with van der Waals surface area (Å²) < 4.78 is 21.9. The second-order valence-corrected chi connectivity index (χ2v) is 5.29. The van der Waals surface area contributed by atoms with Crippen LogP contribution in [0, 0.1) is 5.92 Å². The molecule has 1 fully saturated rings. The van der Waals surface area contributed by atoms with E-state index >= 15 is 0 Å². The first-order valence-electron chi connectivity index (χ1n) is 6.83. The first-order chi connectivity index (χ1) is 9.28. The molecule has 0 bridgehead atoms. The van der Waals surface area contributed by atoms with Gasteiger partial charge in [-0.2, -0.15) is 0 Å². The first kappa shape index (κ1) is 16.9. The SMILES string of the molecule is CC[C@@]1(C(C)C)OC(OC(C)=O)[C@H](OC(C)=O)[C@@H]1OC. The zero-order valence-corrected chi connectivity index (χ0v) is 13.0. The Morgan fingerprint density at radius 1 is 1.20 bits per heavy atom. The van der Waals surface area contributed by atoms with Crippen LogP contribution in [-0.4, -0.2) is 43.1 Å². The summed E-state index contributed by atoms with van der Waals surface area (Å²) in [5, 5.41) is 0. The molecule has 20 heavy (non-hydrogen) atoms. The summed E-state index contributed by atoms with van der Waals surface area (Å²) >= 11 is 0. The Kier molecular flexibility index (Phi) is 5.53. The monoisotopic (exact) mass is 288 g/mol. The minimum atomic E-state index is -0.941. The summed E-state index contributed by atoms with van der Waals surface area (Å²) in [7, 11) is 1.54. The molecule has 1 aliphatic heterocycles. The van der Waals surface area contributed by atoms with Gasteiger partial charge in [-0.05, 0) is 12.3 Å². The molecule has 0 spiro atoms. The number of hydrogen-bond donors (Lipinski definition) is 0. The number of carbonyl (C=O) groups excluding carboxylic acids is 2. The molecule has 0 aromatic carbocycles. The van der Waals surface area contributed by atoms with Gasteiger partial charge in [0.25, 0.3) is 0 Å². The number of rotatable bonds is 5. The minimum Gasteiger partial charge on any atom is -0.453 e. The van der Waals surface area contributed by atoms with E-state index in [9.17, 15) is 9.59 Å². The van der Waals surface area contributed by atoms with Crippen molar-refractivity contribution in [3.8, 4) is 0 Å². The van der Waals surface area contributed by atoms with Crippen molar-refractivity contribution in [2.24, 2.45) is 5.92 Å². The van der Waals surface area contributed by atoms with Crippen LogP contribution in [0.2, 0.25) is 0 Å². The largest absolute Gasteiger partial charge is 0.453 e. The molecular weight excluding hydrogens is 264 g/mol. The van der Waals surface area contributed by atoms with Crippen LogP contribution < -0.4 is 0 Å². The van der Waals surface area contributed by atoms with Crippen LogP contribution in [0.5, 0.6) is 0 Å². The van der Waals surface area contributed by atoms with Gasteiger partial charge in [0.15, 0.2) is 6.10 Å². The summed E-state index contributed by atoms with van der Waals surface area (Å²) in [6, 6.07) is 0. The first-order valence-corrected chi connectivity index (χ1v) is 6.83. The maximum absolute atomic E-state index is 11.3. The molecule has 0 aromatic rings. The van der Waals surface area contributed by atoms with Crippen molar-refractivity contribution in [2.45, 2.75) is 65.1 Å². The molecule has 6 heteroatoms. The molecule has 1 aliphatic rings. The van der Waals surface area contributed by atoms with Crippen molar-refractivity contribution in [1.82, 2.24) is 0 Å². The number of methoxy groups -OCH3 is 1. The van der Waals surface area contributed by atoms with Crippen LogP contribution in [-0.2, 0) is 28.5 Å². The van der Waals surface area contributed by atoms with E-state index in [1.54, 1.807) is 0 Å².